The van der Waals surface area contributed by atoms with Crippen LogP contribution in [0, 0.1) is 10.1 Å². The van der Waals surface area contributed by atoms with Crippen molar-refractivity contribution >= 4 is 19.3 Å². The first-order valence-electron chi connectivity index (χ1n) is 10.1. The van der Waals surface area contributed by atoms with Crippen LogP contribution in [-0.4, -0.2) is 58.6 Å². The molecular weight excluding hydrogens is 455 g/mol. The number of nitrogens with zero attached hydrogens (tertiary/aromatic N) is 1. The molecule has 1 aromatic rings. The largest absolute Gasteiger partial charge is 0.466 e. The Morgan fingerprint density at radius 2 is 1.61 bits per heavy atom. The highest BCUT2D eigenvalue weighted by Gasteiger charge is 2.46. The molecule has 182 valence electrons. The fourth-order valence-electron chi connectivity index (χ4n) is 3.59. The number of nitro benzene ring substituents is 1. The molecule has 0 spiro atoms. The first-order valence-corrected chi connectivity index (χ1v) is 11.6. The zero-order valence-corrected chi connectivity index (χ0v) is 20.2. The number of carbonyl (C=O) groups is 1. The van der Waals surface area contributed by atoms with E-state index in [9.17, 15) is 19.5 Å². The van der Waals surface area contributed by atoms with Gasteiger partial charge in [0.25, 0.3) is 5.69 Å². The third-order valence-electron chi connectivity index (χ3n) is 4.97. The second-order valence-corrected chi connectivity index (χ2v) is 9.06. The van der Waals surface area contributed by atoms with Crippen LogP contribution in [0.25, 0.3) is 0 Å². The van der Waals surface area contributed by atoms with Gasteiger partial charge in [-0.25, -0.2) is 4.79 Å². The second kappa shape index (κ2) is 12.1. The average molecular weight is 484 g/mol. The molecule has 11 nitrogen and oxygen atoms in total. The maximum atomic E-state index is 14.2. The molecule has 33 heavy (non-hydrogen) atoms. The van der Waals surface area contributed by atoms with E-state index >= 15 is 0 Å². The lowest BCUT2D eigenvalue weighted by Gasteiger charge is -2.34. The van der Waals surface area contributed by atoms with Crippen molar-refractivity contribution in [3.05, 3.63) is 62.2 Å². The molecule has 1 aromatic carbocycles. The van der Waals surface area contributed by atoms with Gasteiger partial charge in [-0.15, -0.1) is 0 Å². The molecule has 0 amide bonds. The predicted octanol–water partition coefficient (Wildman–Crippen LogP) is 3.48. The predicted molar refractivity (Wildman–Crippen MR) is 120 cm³/mol. The normalized spacial score (nSPS) is 16.6. The van der Waals surface area contributed by atoms with Crippen LogP contribution in [0.3, 0.4) is 0 Å². The van der Waals surface area contributed by atoms with Crippen molar-refractivity contribution < 1.29 is 37.5 Å². The number of ether oxygens (including phenoxy) is 3. The Morgan fingerprint density at radius 3 is 2.12 bits per heavy atom. The zero-order chi connectivity index (χ0) is 24.6. The van der Waals surface area contributed by atoms with E-state index in [0.717, 1.165) is 0 Å². The van der Waals surface area contributed by atoms with Crippen LogP contribution in [-0.2, 0) is 32.6 Å². The van der Waals surface area contributed by atoms with Gasteiger partial charge in [0, 0.05) is 37.2 Å². The number of hydrogen-bond acceptors (Lipinski definition) is 10. The maximum Gasteiger partial charge on any atom is 0.360 e. The van der Waals surface area contributed by atoms with Crippen molar-refractivity contribution in [2.75, 3.05) is 47.8 Å². The number of nitro groups is 1. The summed E-state index contributed by atoms with van der Waals surface area (Å²) in [7, 11) is 0.0239. The summed E-state index contributed by atoms with van der Waals surface area (Å²) in [5.74, 6) is -1.84. The van der Waals surface area contributed by atoms with E-state index in [2.05, 4.69) is 5.32 Å². The van der Waals surface area contributed by atoms with Crippen molar-refractivity contribution in [3.63, 3.8) is 0 Å². The van der Waals surface area contributed by atoms with Crippen molar-refractivity contribution in [2.45, 2.75) is 19.8 Å². The van der Waals surface area contributed by atoms with Gasteiger partial charge in [-0.2, -0.15) is 0 Å². The lowest BCUT2D eigenvalue weighted by molar-refractivity contribution is -0.385. The Morgan fingerprint density at radius 1 is 1.03 bits per heavy atom. The smallest absolute Gasteiger partial charge is 0.360 e. The minimum atomic E-state index is -4.10. The molecule has 0 radical (unpaired) electrons. The summed E-state index contributed by atoms with van der Waals surface area (Å²) in [6, 6.07) is 5.93. The number of rotatable bonds is 12. The number of nitrogens with one attached hydrogen (secondary N) is 1. The van der Waals surface area contributed by atoms with E-state index in [-0.39, 0.29) is 48.6 Å². The quantitative estimate of drug-likeness (QED) is 0.154. The van der Waals surface area contributed by atoms with Gasteiger partial charge in [0.05, 0.1) is 55.3 Å². The first-order chi connectivity index (χ1) is 15.7. The Balaban J connectivity index is 2.77. The van der Waals surface area contributed by atoms with Gasteiger partial charge in [-0.1, -0.05) is 18.2 Å². The van der Waals surface area contributed by atoms with E-state index in [0.29, 0.717) is 11.4 Å². The molecule has 1 aliphatic heterocycles. The van der Waals surface area contributed by atoms with Gasteiger partial charge >= 0.3 is 13.6 Å². The van der Waals surface area contributed by atoms with E-state index < -0.39 is 24.4 Å². The molecule has 0 fully saturated rings. The highest BCUT2D eigenvalue weighted by molar-refractivity contribution is 7.58. The Bertz CT molecular complexity index is 976. The Kier molecular flexibility index (Phi) is 9.75. The number of methoxy groups -OCH3 is 3. The summed E-state index contributed by atoms with van der Waals surface area (Å²) in [5.41, 5.74) is 0.777. The highest BCUT2D eigenvalue weighted by atomic mass is 31.2. The molecule has 1 N–H and O–H groups in total. The number of esters is 1. The number of dihydropyridines is 1. The molecule has 0 saturated heterocycles. The van der Waals surface area contributed by atoms with Gasteiger partial charge in [-0.3, -0.25) is 14.7 Å². The van der Waals surface area contributed by atoms with Crippen molar-refractivity contribution in [1.82, 2.24) is 5.32 Å². The standard InChI is InChI=1S/C21H29N2O9P/c1-14-18(21(24)30-5)19(16-8-6-7-9-17(16)23(25)26)20(15(2)22-14)33(27,31-12-10-28-3)32-13-11-29-4/h6-9,19,22H,10-13H2,1-5H3. The number of carbonyl (C=O) groups excluding carboxylic acids is 1. The summed E-state index contributed by atoms with van der Waals surface area (Å²) < 4.78 is 40.5. The summed E-state index contributed by atoms with van der Waals surface area (Å²) in [4.78, 5) is 24.1. The minimum Gasteiger partial charge on any atom is -0.466 e. The highest BCUT2D eigenvalue weighted by Crippen LogP contribution is 2.64. The lowest BCUT2D eigenvalue weighted by atomic mass is 9.85. The first kappa shape index (κ1) is 26.7. The molecule has 0 aliphatic carbocycles. The van der Waals surface area contributed by atoms with Crippen molar-refractivity contribution in [2.24, 2.45) is 0 Å². The van der Waals surface area contributed by atoms with Crippen molar-refractivity contribution in [3.8, 4) is 0 Å². The SMILES string of the molecule is COCCOP(=O)(OCCOC)C1=C(C)NC(C)=C(C(=O)OC)C1c1ccccc1[N+](=O)[O-]. The molecule has 0 aromatic heterocycles. The summed E-state index contributed by atoms with van der Waals surface area (Å²) in [6.07, 6.45) is 0. The zero-order valence-electron chi connectivity index (χ0n) is 19.3. The third-order valence-corrected chi connectivity index (χ3v) is 7.20. The minimum absolute atomic E-state index is 0.0679. The molecule has 12 heteroatoms. The molecule has 0 bridgehead atoms. The summed E-state index contributed by atoms with van der Waals surface area (Å²) in [6.45, 7) is 3.39. The van der Waals surface area contributed by atoms with E-state index in [1.54, 1.807) is 19.9 Å². The molecular formula is C21H29N2O9P. The molecule has 1 heterocycles. The summed E-state index contributed by atoms with van der Waals surface area (Å²) in [5, 5.41) is 14.9. The van der Waals surface area contributed by atoms with Gasteiger partial charge in [-0.05, 0) is 13.8 Å². The lowest BCUT2D eigenvalue weighted by Crippen LogP contribution is -2.30. The van der Waals surface area contributed by atoms with Gasteiger partial charge in [0.15, 0.2) is 0 Å². The average Bonchev–Trinajstić information content (AvgIpc) is 2.78. The van der Waals surface area contributed by atoms with E-state index in [1.165, 1.54) is 39.5 Å². The Labute approximate surface area is 192 Å². The molecule has 0 saturated carbocycles. The van der Waals surface area contributed by atoms with Gasteiger partial charge < -0.3 is 28.6 Å². The summed E-state index contributed by atoms with van der Waals surface area (Å²) >= 11 is 0. The fraction of sp³-hybridized carbons (Fsp3) is 0.476. The van der Waals surface area contributed by atoms with Crippen LogP contribution in [0.2, 0.25) is 0 Å². The maximum absolute atomic E-state index is 14.2. The Hall–Kier alpha value is -2.56. The number of allylic oxidation sites excluding steroid dienone is 3. The van der Waals surface area contributed by atoms with E-state index in [4.69, 9.17) is 23.3 Å². The fourth-order valence-corrected chi connectivity index (χ4v) is 5.62. The topological polar surface area (TPSA) is 135 Å². The molecule has 1 atom stereocenters. The van der Waals surface area contributed by atoms with Gasteiger partial charge in [0.2, 0.25) is 0 Å². The molecule has 1 unspecified atom stereocenters. The van der Waals surface area contributed by atoms with Crippen LogP contribution < -0.4 is 5.32 Å². The van der Waals surface area contributed by atoms with Crippen LogP contribution >= 0.6 is 7.60 Å². The number of benzene rings is 1. The van der Waals surface area contributed by atoms with Gasteiger partial charge in [0.1, 0.15) is 0 Å². The van der Waals surface area contributed by atoms with Crippen molar-refractivity contribution in [1.29, 1.82) is 0 Å². The second-order valence-electron chi connectivity index (χ2n) is 7.06. The monoisotopic (exact) mass is 484 g/mol. The molecule has 1 aliphatic rings. The van der Waals surface area contributed by atoms with Crippen LogP contribution in [0.15, 0.2) is 46.5 Å². The number of hydrogen-bond donors (Lipinski definition) is 1. The van der Waals surface area contributed by atoms with E-state index in [1.807, 2.05) is 0 Å². The van der Waals surface area contributed by atoms with Crippen LogP contribution in [0.5, 0.6) is 0 Å². The van der Waals surface area contributed by atoms with Crippen LogP contribution in [0.1, 0.15) is 25.3 Å². The third kappa shape index (κ3) is 6.07. The van der Waals surface area contributed by atoms with Crippen LogP contribution in [0.4, 0.5) is 5.69 Å². The number of para-hydroxylation sites is 1. The molecule has 2 rings (SSSR count).